The van der Waals surface area contributed by atoms with Crippen molar-refractivity contribution in [1.29, 1.82) is 0 Å². The van der Waals surface area contributed by atoms with Gasteiger partial charge in [0.1, 0.15) is 0 Å². The molecule has 0 saturated heterocycles. The van der Waals surface area contributed by atoms with Crippen molar-refractivity contribution in [3.8, 4) is 0 Å². The number of carbonyl (C=O) groups excluding carboxylic acids is 1. The Hall–Kier alpha value is -2.67. The van der Waals surface area contributed by atoms with E-state index in [1.54, 1.807) is 18.3 Å². The van der Waals surface area contributed by atoms with Gasteiger partial charge in [-0.05, 0) is 37.3 Å². The Morgan fingerprint density at radius 3 is 2.44 bits per heavy atom. The Morgan fingerprint density at radius 2 is 1.76 bits per heavy atom. The summed E-state index contributed by atoms with van der Waals surface area (Å²) in [5.41, 5.74) is 0.534. The number of thiophene rings is 1. The van der Waals surface area contributed by atoms with E-state index >= 15 is 0 Å². The van der Waals surface area contributed by atoms with Gasteiger partial charge in [0.25, 0.3) is 0 Å². The first kappa shape index (κ1) is 17.2. The van der Waals surface area contributed by atoms with Gasteiger partial charge in [-0.15, -0.1) is 11.3 Å². The first-order chi connectivity index (χ1) is 11.9. The standard InChI is InChI=1S/C18H12F3NO2S/c1-11(15-10-25-16-5-3-2-4-14(15)16)22-24-17(23)12-6-8-13(9-7-12)18(19,20)21/h2-10H,1H3. The maximum Gasteiger partial charge on any atom is 0.416 e. The number of hydrogen-bond acceptors (Lipinski definition) is 4. The van der Waals surface area contributed by atoms with Crippen LogP contribution in [0.25, 0.3) is 10.1 Å². The lowest BCUT2D eigenvalue weighted by Crippen LogP contribution is -2.07. The molecule has 0 unspecified atom stereocenters. The Bertz CT molecular complexity index is 943. The molecule has 3 nitrogen and oxygen atoms in total. The lowest BCUT2D eigenvalue weighted by atomic mass is 10.1. The molecule has 1 aromatic heterocycles. The molecule has 0 aliphatic carbocycles. The number of rotatable bonds is 3. The highest BCUT2D eigenvalue weighted by Gasteiger charge is 2.30. The van der Waals surface area contributed by atoms with E-state index in [1.165, 1.54) is 0 Å². The Morgan fingerprint density at radius 1 is 1.08 bits per heavy atom. The monoisotopic (exact) mass is 363 g/mol. The van der Waals surface area contributed by atoms with E-state index in [2.05, 4.69) is 5.16 Å². The van der Waals surface area contributed by atoms with Gasteiger partial charge in [-0.3, -0.25) is 0 Å². The molecule has 0 aliphatic rings. The lowest BCUT2D eigenvalue weighted by molar-refractivity contribution is -0.137. The average molecular weight is 363 g/mol. The summed E-state index contributed by atoms with van der Waals surface area (Å²) in [6, 6.07) is 11.5. The van der Waals surface area contributed by atoms with Crippen molar-refractivity contribution in [2.24, 2.45) is 5.16 Å². The van der Waals surface area contributed by atoms with Gasteiger partial charge < -0.3 is 4.84 Å². The fourth-order valence-corrected chi connectivity index (χ4v) is 3.27. The predicted octanol–water partition coefficient (Wildman–Crippen LogP) is 5.50. The minimum atomic E-state index is -4.45. The number of carbonyl (C=O) groups is 1. The highest BCUT2D eigenvalue weighted by molar-refractivity contribution is 7.17. The van der Waals surface area contributed by atoms with Crippen LogP contribution in [0.2, 0.25) is 0 Å². The van der Waals surface area contributed by atoms with Crippen molar-refractivity contribution in [3.05, 3.63) is 70.6 Å². The second-order valence-corrected chi connectivity index (χ2v) is 6.19. The third-order valence-electron chi connectivity index (χ3n) is 3.58. The van der Waals surface area contributed by atoms with E-state index in [0.29, 0.717) is 5.71 Å². The smallest absolute Gasteiger partial charge is 0.313 e. The van der Waals surface area contributed by atoms with Gasteiger partial charge in [0, 0.05) is 21.0 Å². The van der Waals surface area contributed by atoms with Crippen LogP contribution >= 0.6 is 11.3 Å². The van der Waals surface area contributed by atoms with Crippen LogP contribution in [0.5, 0.6) is 0 Å². The number of fused-ring (bicyclic) bond motifs is 1. The summed E-state index contributed by atoms with van der Waals surface area (Å²) < 4.78 is 38.7. The molecule has 0 bridgehead atoms. The van der Waals surface area contributed by atoms with Gasteiger partial charge in [0.2, 0.25) is 0 Å². The maximum atomic E-state index is 12.5. The molecule has 0 amide bonds. The van der Waals surface area contributed by atoms with Crippen molar-refractivity contribution >= 4 is 33.1 Å². The molecule has 0 spiro atoms. The van der Waals surface area contributed by atoms with Crippen molar-refractivity contribution in [1.82, 2.24) is 0 Å². The Kier molecular flexibility index (Phi) is 4.59. The van der Waals surface area contributed by atoms with Crippen LogP contribution in [-0.4, -0.2) is 11.7 Å². The summed E-state index contributed by atoms with van der Waals surface area (Å²) in [6.45, 7) is 1.70. The molecule has 3 aromatic rings. The van der Waals surface area contributed by atoms with Crippen LogP contribution in [-0.2, 0) is 11.0 Å². The fourth-order valence-electron chi connectivity index (χ4n) is 2.27. The first-order valence-corrected chi connectivity index (χ1v) is 8.14. The zero-order valence-corrected chi connectivity index (χ0v) is 13.8. The average Bonchev–Trinajstić information content (AvgIpc) is 3.03. The minimum absolute atomic E-state index is 0.000253. The SMILES string of the molecule is CC(=NOC(=O)c1ccc(C(F)(F)F)cc1)c1csc2ccccc12. The van der Waals surface area contributed by atoms with E-state index in [4.69, 9.17) is 4.84 Å². The van der Waals surface area contributed by atoms with E-state index in [1.807, 2.05) is 29.6 Å². The zero-order chi connectivity index (χ0) is 18.0. The molecule has 25 heavy (non-hydrogen) atoms. The second kappa shape index (κ2) is 6.68. The van der Waals surface area contributed by atoms with Gasteiger partial charge in [-0.2, -0.15) is 13.2 Å². The third kappa shape index (κ3) is 3.71. The molecular weight excluding hydrogens is 351 g/mol. The number of oxime groups is 1. The van der Waals surface area contributed by atoms with Gasteiger partial charge in [-0.1, -0.05) is 23.4 Å². The lowest BCUT2D eigenvalue weighted by Gasteiger charge is -2.06. The molecule has 7 heteroatoms. The summed E-state index contributed by atoms with van der Waals surface area (Å²) in [5.74, 6) is -0.812. The highest BCUT2D eigenvalue weighted by Crippen LogP contribution is 2.29. The summed E-state index contributed by atoms with van der Waals surface area (Å²) in [5, 5.41) is 6.73. The molecule has 0 atom stereocenters. The molecule has 1 heterocycles. The fraction of sp³-hybridized carbons (Fsp3) is 0.111. The van der Waals surface area contributed by atoms with Crippen LogP contribution in [0.15, 0.2) is 59.1 Å². The van der Waals surface area contributed by atoms with Gasteiger partial charge >= 0.3 is 12.1 Å². The molecule has 0 fully saturated rings. The Balaban J connectivity index is 1.75. The third-order valence-corrected chi connectivity index (χ3v) is 4.55. The summed E-state index contributed by atoms with van der Waals surface area (Å²) in [6.07, 6.45) is -4.45. The Labute approximate surface area is 145 Å². The molecule has 2 aromatic carbocycles. The van der Waals surface area contributed by atoms with Crippen LogP contribution in [0.1, 0.15) is 28.4 Å². The van der Waals surface area contributed by atoms with Crippen molar-refractivity contribution in [2.75, 3.05) is 0 Å². The number of nitrogens with zero attached hydrogens (tertiary/aromatic N) is 1. The van der Waals surface area contributed by atoms with E-state index in [9.17, 15) is 18.0 Å². The van der Waals surface area contributed by atoms with E-state index in [0.717, 1.165) is 39.9 Å². The molecule has 128 valence electrons. The normalized spacial score (nSPS) is 12.4. The summed E-state index contributed by atoms with van der Waals surface area (Å²) >= 11 is 1.55. The van der Waals surface area contributed by atoms with E-state index in [-0.39, 0.29) is 5.56 Å². The predicted molar refractivity (Wildman–Crippen MR) is 90.9 cm³/mol. The topological polar surface area (TPSA) is 38.7 Å². The van der Waals surface area contributed by atoms with Crippen LogP contribution in [0.4, 0.5) is 13.2 Å². The molecular formula is C18H12F3NO2S. The maximum absolute atomic E-state index is 12.5. The van der Waals surface area contributed by atoms with Crippen LogP contribution in [0.3, 0.4) is 0 Å². The molecule has 0 aliphatic heterocycles. The van der Waals surface area contributed by atoms with Crippen molar-refractivity contribution in [3.63, 3.8) is 0 Å². The zero-order valence-electron chi connectivity index (χ0n) is 13.0. The second-order valence-electron chi connectivity index (χ2n) is 5.28. The quantitative estimate of drug-likeness (QED) is 0.350. The number of benzene rings is 2. The molecule has 0 radical (unpaired) electrons. The minimum Gasteiger partial charge on any atom is -0.313 e. The molecule has 3 rings (SSSR count). The van der Waals surface area contributed by atoms with Crippen LogP contribution < -0.4 is 0 Å². The van der Waals surface area contributed by atoms with Gasteiger partial charge in [-0.25, -0.2) is 4.79 Å². The van der Waals surface area contributed by atoms with Crippen LogP contribution in [0, 0.1) is 0 Å². The molecule has 0 N–H and O–H groups in total. The molecule has 0 saturated carbocycles. The first-order valence-electron chi connectivity index (χ1n) is 7.26. The largest absolute Gasteiger partial charge is 0.416 e. The van der Waals surface area contributed by atoms with Crippen molar-refractivity contribution < 1.29 is 22.8 Å². The highest BCUT2D eigenvalue weighted by atomic mass is 32.1. The van der Waals surface area contributed by atoms with Gasteiger partial charge in [0.15, 0.2) is 0 Å². The van der Waals surface area contributed by atoms with Crippen molar-refractivity contribution in [2.45, 2.75) is 13.1 Å². The van der Waals surface area contributed by atoms with E-state index < -0.39 is 17.7 Å². The van der Waals surface area contributed by atoms with Gasteiger partial charge in [0.05, 0.1) is 16.8 Å². The number of hydrogen-bond donors (Lipinski definition) is 0. The summed E-state index contributed by atoms with van der Waals surface area (Å²) in [4.78, 5) is 16.8. The number of halogens is 3. The number of alkyl halides is 3. The summed E-state index contributed by atoms with van der Waals surface area (Å²) in [7, 11) is 0.